The van der Waals surface area contributed by atoms with Crippen molar-refractivity contribution in [2.45, 2.75) is 26.2 Å². The molecule has 0 aliphatic carbocycles. The Balaban J connectivity index is 1.78. The van der Waals surface area contributed by atoms with E-state index in [1.807, 2.05) is 13.0 Å². The number of rotatable bonds is 8. The van der Waals surface area contributed by atoms with E-state index in [0.717, 1.165) is 44.2 Å². The molecule has 1 aliphatic rings. The summed E-state index contributed by atoms with van der Waals surface area (Å²) in [5.41, 5.74) is 2.56. The average Bonchev–Trinajstić information content (AvgIpc) is 2.98. The smallest absolute Gasteiger partial charge is 0.191 e. The third-order valence-corrected chi connectivity index (χ3v) is 4.78. The highest BCUT2D eigenvalue weighted by molar-refractivity contribution is 7.90. The number of ether oxygens (including phenoxy) is 1. The molecule has 0 spiro atoms. The van der Waals surface area contributed by atoms with E-state index < -0.39 is 9.84 Å². The first-order valence-electron chi connectivity index (χ1n) is 8.42. The molecule has 1 aromatic carbocycles. The van der Waals surface area contributed by atoms with E-state index in [2.05, 4.69) is 27.8 Å². The van der Waals surface area contributed by atoms with Gasteiger partial charge in [-0.15, -0.1) is 0 Å². The van der Waals surface area contributed by atoms with Gasteiger partial charge in [-0.25, -0.2) is 8.42 Å². The second kappa shape index (κ2) is 8.92. The maximum atomic E-state index is 11.1. The lowest BCUT2D eigenvalue weighted by molar-refractivity contribution is 0.357. The number of hydrogen-bond acceptors (Lipinski definition) is 4. The Bertz CT molecular complexity index is 672. The first-order valence-corrected chi connectivity index (χ1v) is 10.5. The van der Waals surface area contributed by atoms with Crippen LogP contribution in [0.15, 0.2) is 23.2 Å². The predicted molar refractivity (Wildman–Crippen MR) is 97.7 cm³/mol. The minimum atomic E-state index is -2.91. The third-order valence-electron chi connectivity index (χ3n) is 3.75. The summed E-state index contributed by atoms with van der Waals surface area (Å²) >= 11 is 0. The molecular weight excluding hydrogens is 326 g/mol. The number of aliphatic imine (C=N–C) groups is 1. The fourth-order valence-electron chi connectivity index (χ4n) is 2.58. The molecule has 24 heavy (non-hydrogen) atoms. The lowest BCUT2D eigenvalue weighted by atomic mass is 10.1. The molecule has 7 heteroatoms. The summed E-state index contributed by atoms with van der Waals surface area (Å²) in [6.45, 7) is 4.83. The van der Waals surface area contributed by atoms with Gasteiger partial charge < -0.3 is 15.4 Å². The van der Waals surface area contributed by atoms with E-state index in [1.165, 1.54) is 17.4 Å². The summed E-state index contributed by atoms with van der Waals surface area (Å²) in [6, 6.07) is 6.35. The molecule has 0 radical (unpaired) electrons. The second-order valence-corrected chi connectivity index (χ2v) is 8.22. The van der Waals surface area contributed by atoms with E-state index in [1.54, 1.807) is 0 Å². The zero-order valence-electron chi connectivity index (χ0n) is 14.5. The van der Waals surface area contributed by atoms with E-state index in [4.69, 9.17) is 4.74 Å². The van der Waals surface area contributed by atoms with Crippen molar-refractivity contribution in [1.29, 1.82) is 0 Å². The van der Waals surface area contributed by atoms with Crippen LogP contribution in [0.3, 0.4) is 0 Å². The Morgan fingerprint density at radius 2 is 2.17 bits per heavy atom. The van der Waals surface area contributed by atoms with Crippen LogP contribution in [0.2, 0.25) is 0 Å². The van der Waals surface area contributed by atoms with Gasteiger partial charge in [0.25, 0.3) is 0 Å². The zero-order valence-corrected chi connectivity index (χ0v) is 15.3. The molecule has 1 heterocycles. The molecule has 1 aliphatic heterocycles. The van der Waals surface area contributed by atoms with Crippen molar-refractivity contribution in [1.82, 2.24) is 10.6 Å². The van der Waals surface area contributed by atoms with Crippen molar-refractivity contribution in [2.75, 3.05) is 38.2 Å². The third kappa shape index (κ3) is 6.39. The Labute approximate surface area is 144 Å². The number of sulfone groups is 1. The van der Waals surface area contributed by atoms with E-state index in [9.17, 15) is 8.42 Å². The number of guanidine groups is 1. The zero-order chi connectivity index (χ0) is 17.4. The van der Waals surface area contributed by atoms with Crippen LogP contribution in [-0.2, 0) is 22.7 Å². The molecule has 0 fully saturated rings. The van der Waals surface area contributed by atoms with E-state index in [-0.39, 0.29) is 5.75 Å². The predicted octanol–water partition coefficient (Wildman–Crippen LogP) is 1.15. The minimum absolute atomic E-state index is 0.174. The fraction of sp³-hybridized carbons (Fsp3) is 0.588. The molecule has 0 amide bonds. The summed E-state index contributed by atoms with van der Waals surface area (Å²) in [5, 5.41) is 6.47. The fourth-order valence-corrected chi connectivity index (χ4v) is 3.23. The van der Waals surface area contributed by atoms with Crippen LogP contribution in [0, 0.1) is 0 Å². The molecule has 2 N–H and O–H groups in total. The van der Waals surface area contributed by atoms with Gasteiger partial charge in [0, 0.05) is 32.3 Å². The van der Waals surface area contributed by atoms with Crippen molar-refractivity contribution < 1.29 is 13.2 Å². The monoisotopic (exact) mass is 353 g/mol. The Hall–Kier alpha value is -1.76. The van der Waals surface area contributed by atoms with Crippen LogP contribution in [0.5, 0.6) is 5.75 Å². The summed E-state index contributed by atoms with van der Waals surface area (Å²) < 4.78 is 27.8. The van der Waals surface area contributed by atoms with Crippen LogP contribution in [0.1, 0.15) is 24.5 Å². The van der Waals surface area contributed by atoms with Crippen molar-refractivity contribution in [3.63, 3.8) is 0 Å². The van der Waals surface area contributed by atoms with Crippen LogP contribution < -0.4 is 15.4 Å². The number of benzene rings is 1. The first kappa shape index (κ1) is 18.6. The van der Waals surface area contributed by atoms with Crippen LogP contribution >= 0.6 is 0 Å². The molecule has 1 aromatic rings. The highest BCUT2D eigenvalue weighted by atomic mass is 32.2. The normalized spacial score (nSPS) is 14.2. The van der Waals surface area contributed by atoms with Gasteiger partial charge in [0.1, 0.15) is 15.6 Å². The Morgan fingerprint density at radius 3 is 2.92 bits per heavy atom. The highest BCUT2D eigenvalue weighted by Crippen LogP contribution is 2.25. The lowest BCUT2D eigenvalue weighted by Gasteiger charge is -2.11. The molecule has 0 unspecified atom stereocenters. The molecular formula is C17H27N3O3S. The summed E-state index contributed by atoms with van der Waals surface area (Å²) in [7, 11) is -2.91. The summed E-state index contributed by atoms with van der Waals surface area (Å²) in [4.78, 5) is 4.42. The summed E-state index contributed by atoms with van der Waals surface area (Å²) in [6.07, 6.45) is 3.68. The van der Waals surface area contributed by atoms with Crippen molar-refractivity contribution in [2.24, 2.45) is 4.99 Å². The Kier molecular flexibility index (Phi) is 6.90. The molecule has 0 aromatic heterocycles. The van der Waals surface area contributed by atoms with Crippen molar-refractivity contribution >= 4 is 15.8 Å². The van der Waals surface area contributed by atoms with Gasteiger partial charge in [-0.3, -0.25) is 4.99 Å². The SMILES string of the molecule is CCNC(=NCCCS(C)(=O)=O)NCCc1ccc2c(c1)CCO2. The van der Waals surface area contributed by atoms with Crippen LogP contribution in [0.25, 0.3) is 0 Å². The van der Waals surface area contributed by atoms with Gasteiger partial charge in [-0.05, 0) is 37.0 Å². The van der Waals surface area contributed by atoms with Gasteiger partial charge in [0.15, 0.2) is 5.96 Å². The number of nitrogens with one attached hydrogen (secondary N) is 2. The number of fused-ring (bicyclic) bond motifs is 1. The lowest BCUT2D eigenvalue weighted by Crippen LogP contribution is -2.38. The summed E-state index contributed by atoms with van der Waals surface area (Å²) in [5.74, 6) is 1.91. The number of nitrogens with zero attached hydrogens (tertiary/aromatic N) is 1. The van der Waals surface area contributed by atoms with Crippen molar-refractivity contribution in [3.05, 3.63) is 29.3 Å². The van der Waals surface area contributed by atoms with E-state index >= 15 is 0 Å². The topological polar surface area (TPSA) is 79.8 Å². The molecule has 0 saturated carbocycles. The van der Waals surface area contributed by atoms with Gasteiger partial charge in [-0.1, -0.05) is 12.1 Å². The minimum Gasteiger partial charge on any atom is -0.493 e. The first-order chi connectivity index (χ1) is 11.5. The molecule has 6 nitrogen and oxygen atoms in total. The molecule has 0 atom stereocenters. The molecule has 134 valence electrons. The van der Waals surface area contributed by atoms with Gasteiger partial charge in [-0.2, -0.15) is 0 Å². The van der Waals surface area contributed by atoms with Gasteiger partial charge >= 0.3 is 0 Å². The van der Waals surface area contributed by atoms with Gasteiger partial charge in [0.05, 0.1) is 12.4 Å². The highest BCUT2D eigenvalue weighted by Gasteiger charge is 2.11. The average molecular weight is 353 g/mol. The molecule has 0 bridgehead atoms. The quantitative estimate of drug-likeness (QED) is 0.416. The maximum absolute atomic E-state index is 11.1. The Morgan fingerprint density at radius 1 is 1.33 bits per heavy atom. The standard InChI is InChI=1S/C17H27N3O3S/c1-3-18-17(19-9-4-12-24(2,21)22)20-10-7-14-5-6-16-15(13-14)8-11-23-16/h5-6,13H,3-4,7-12H2,1-2H3,(H2,18,19,20). The number of hydrogen-bond donors (Lipinski definition) is 2. The van der Waals surface area contributed by atoms with Crippen LogP contribution in [0.4, 0.5) is 0 Å². The second-order valence-electron chi connectivity index (χ2n) is 5.96. The largest absolute Gasteiger partial charge is 0.493 e. The van der Waals surface area contributed by atoms with Crippen LogP contribution in [-0.4, -0.2) is 52.6 Å². The molecule has 0 saturated heterocycles. The van der Waals surface area contributed by atoms with E-state index in [0.29, 0.717) is 13.0 Å². The van der Waals surface area contributed by atoms with Gasteiger partial charge in [0.2, 0.25) is 0 Å². The van der Waals surface area contributed by atoms with Crippen molar-refractivity contribution in [3.8, 4) is 5.75 Å². The molecule has 2 rings (SSSR count). The maximum Gasteiger partial charge on any atom is 0.191 e.